The van der Waals surface area contributed by atoms with Gasteiger partial charge in [0, 0.05) is 6.04 Å². The third kappa shape index (κ3) is 2.85. The summed E-state index contributed by atoms with van der Waals surface area (Å²) in [7, 11) is 0. The zero-order chi connectivity index (χ0) is 13.4. The molecule has 1 aliphatic carbocycles. The van der Waals surface area contributed by atoms with Gasteiger partial charge in [-0.3, -0.25) is 9.36 Å². The van der Waals surface area contributed by atoms with E-state index >= 15 is 0 Å². The molecule has 0 radical (unpaired) electrons. The predicted octanol–water partition coefficient (Wildman–Crippen LogP) is 3.28. The van der Waals surface area contributed by atoms with Crippen molar-refractivity contribution in [1.29, 1.82) is 0 Å². The van der Waals surface area contributed by atoms with Crippen LogP contribution in [0.15, 0.2) is 21.1 Å². The lowest BCUT2D eigenvalue weighted by atomic mass is 10.4. The smallest absolute Gasteiger partial charge is 0.313 e. The van der Waals surface area contributed by atoms with Gasteiger partial charge in [0.15, 0.2) is 11.0 Å². The highest BCUT2D eigenvalue weighted by atomic mass is 79.9. The van der Waals surface area contributed by atoms with Crippen molar-refractivity contribution in [1.82, 2.24) is 14.8 Å². The van der Waals surface area contributed by atoms with Gasteiger partial charge in [-0.1, -0.05) is 11.8 Å². The second-order valence-corrected chi connectivity index (χ2v) is 7.60. The zero-order valence-corrected chi connectivity index (χ0v) is 13.0. The first-order valence-electron chi connectivity index (χ1n) is 5.70. The van der Waals surface area contributed by atoms with Crippen molar-refractivity contribution in [2.24, 2.45) is 0 Å². The van der Waals surface area contributed by atoms with Crippen molar-refractivity contribution in [2.45, 2.75) is 24.0 Å². The third-order valence-electron chi connectivity index (χ3n) is 2.69. The number of hydrogen-bond donors (Lipinski definition) is 1. The molecule has 0 saturated heterocycles. The molecule has 2 aromatic rings. The minimum atomic E-state index is -0.837. The van der Waals surface area contributed by atoms with Gasteiger partial charge in [-0.15, -0.1) is 21.5 Å². The average Bonchev–Trinajstić information content (AvgIpc) is 2.97. The summed E-state index contributed by atoms with van der Waals surface area (Å²) in [6, 6.07) is 4.40. The fourth-order valence-electron chi connectivity index (χ4n) is 1.77. The Morgan fingerprint density at radius 3 is 2.89 bits per heavy atom. The number of aromatic nitrogens is 3. The number of thioether (sulfide) groups is 1. The normalized spacial score (nSPS) is 14.8. The van der Waals surface area contributed by atoms with E-state index in [2.05, 4.69) is 30.7 Å². The molecule has 0 bridgehead atoms. The number of aliphatic carboxylic acids is 1. The van der Waals surface area contributed by atoms with E-state index in [-0.39, 0.29) is 5.75 Å². The summed E-state index contributed by atoms with van der Waals surface area (Å²) in [6.45, 7) is 0. The van der Waals surface area contributed by atoms with Gasteiger partial charge < -0.3 is 5.11 Å². The minimum Gasteiger partial charge on any atom is -0.481 e. The van der Waals surface area contributed by atoms with Gasteiger partial charge in [0.1, 0.15) is 0 Å². The second kappa shape index (κ2) is 5.26. The van der Waals surface area contributed by atoms with Crippen LogP contribution in [0.25, 0.3) is 10.7 Å². The fourth-order valence-corrected chi connectivity index (χ4v) is 3.86. The molecule has 8 heteroatoms. The Morgan fingerprint density at radius 1 is 1.53 bits per heavy atom. The summed E-state index contributed by atoms with van der Waals surface area (Å²) in [5.74, 6) is 0.0146. The molecule has 0 atom stereocenters. The first-order valence-corrected chi connectivity index (χ1v) is 8.30. The standard InChI is InChI=1S/C11H10BrN3O2S2/c12-8-4-3-7(19-8)10-13-14-11(18-5-9(16)17)15(10)6-1-2-6/h3-4,6H,1-2,5H2,(H,16,17). The van der Waals surface area contributed by atoms with E-state index in [0.717, 1.165) is 27.3 Å². The van der Waals surface area contributed by atoms with Gasteiger partial charge in [0.05, 0.1) is 14.4 Å². The van der Waals surface area contributed by atoms with Crippen molar-refractivity contribution in [2.75, 3.05) is 5.75 Å². The lowest BCUT2D eigenvalue weighted by Crippen LogP contribution is -2.02. The molecule has 5 nitrogen and oxygen atoms in total. The average molecular weight is 360 g/mol. The summed E-state index contributed by atoms with van der Waals surface area (Å²) in [5.41, 5.74) is 0. The number of thiophene rings is 1. The Balaban J connectivity index is 1.94. The maximum atomic E-state index is 10.7. The van der Waals surface area contributed by atoms with Crippen LogP contribution >= 0.6 is 39.0 Å². The number of carboxylic acid groups (broad SMARTS) is 1. The van der Waals surface area contributed by atoms with Crippen LogP contribution in [0, 0.1) is 0 Å². The molecule has 2 heterocycles. The van der Waals surface area contributed by atoms with Crippen molar-refractivity contribution in [3.05, 3.63) is 15.9 Å². The van der Waals surface area contributed by atoms with E-state index in [1.54, 1.807) is 11.3 Å². The maximum absolute atomic E-state index is 10.7. The van der Waals surface area contributed by atoms with Gasteiger partial charge in [0.2, 0.25) is 0 Å². The number of rotatable bonds is 5. The molecule has 0 amide bonds. The molecule has 1 N–H and O–H groups in total. The Hall–Kier alpha value is -0.860. The van der Waals surface area contributed by atoms with Crippen LogP contribution in [0.5, 0.6) is 0 Å². The van der Waals surface area contributed by atoms with Crippen molar-refractivity contribution in [3.63, 3.8) is 0 Å². The highest BCUT2D eigenvalue weighted by Crippen LogP contribution is 2.42. The number of nitrogens with zero attached hydrogens (tertiary/aromatic N) is 3. The van der Waals surface area contributed by atoms with Crippen LogP contribution < -0.4 is 0 Å². The van der Waals surface area contributed by atoms with Gasteiger partial charge in [-0.2, -0.15) is 0 Å². The first kappa shape index (κ1) is 13.1. The van der Waals surface area contributed by atoms with Gasteiger partial charge >= 0.3 is 5.97 Å². The first-order chi connectivity index (χ1) is 9.15. The van der Waals surface area contributed by atoms with Gasteiger partial charge in [-0.25, -0.2) is 0 Å². The summed E-state index contributed by atoms with van der Waals surface area (Å²) >= 11 is 6.28. The lowest BCUT2D eigenvalue weighted by molar-refractivity contribution is -0.133. The monoisotopic (exact) mass is 359 g/mol. The van der Waals surface area contributed by atoms with Gasteiger partial charge in [0.25, 0.3) is 0 Å². The molecule has 0 spiro atoms. The largest absolute Gasteiger partial charge is 0.481 e. The molecule has 0 aromatic carbocycles. The quantitative estimate of drug-likeness (QED) is 0.829. The topological polar surface area (TPSA) is 68.0 Å². The van der Waals surface area contributed by atoms with Crippen LogP contribution in [-0.2, 0) is 4.79 Å². The zero-order valence-electron chi connectivity index (χ0n) is 9.74. The summed E-state index contributed by atoms with van der Waals surface area (Å²) in [6.07, 6.45) is 2.22. The third-order valence-corrected chi connectivity index (χ3v) is 5.24. The minimum absolute atomic E-state index is 0.0129. The highest BCUT2D eigenvalue weighted by Gasteiger charge is 2.30. The van der Waals surface area contributed by atoms with Crippen molar-refractivity contribution < 1.29 is 9.90 Å². The molecule has 100 valence electrons. The molecule has 1 aliphatic rings. The Morgan fingerprint density at radius 2 is 2.32 bits per heavy atom. The Kier molecular flexibility index (Phi) is 3.64. The van der Waals surface area contributed by atoms with Crippen LogP contribution in [0.3, 0.4) is 0 Å². The molecule has 1 saturated carbocycles. The highest BCUT2D eigenvalue weighted by molar-refractivity contribution is 9.11. The van der Waals surface area contributed by atoms with E-state index in [4.69, 9.17) is 5.11 Å². The molecule has 3 rings (SSSR count). The van der Waals surface area contributed by atoms with E-state index in [9.17, 15) is 4.79 Å². The molecule has 1 fully saturated rings. The van der Waals surface area contributed by atoms with E-state index < -0.39 is 5.97 Å². The van der Waals surface area contributed by atoms with Crippen molar-refractivity contribution in [3.8, 4) is 10.7 Å². The number of carbonyl (C=O) groups is 1. The number of carboxylic acids is 1. The van der Waals surface area contributed by atoms with Gasteiger partial charge in [-0.05, 0) is 40.9 Å². The maximum Gasteiger partial charge on any atom is 0.313 e. The molecule has 0 aliphatic heterocycles. The second-order valence-electron chi connectivity index (χ2n) is 4.19. The van der Waals surface area contributed by atoms with Crippen LogP contribution in [0.1, 0.15) is 18.9 Å². The van der Waals surface area contributed by atoms with E-state index in [1.165, 1.54) is 11.8 Å². The van der Waals surface area contributed by atoms with E-state index in [1.807, 2.05) is 12.1 Å². The number of halogens is 1. The van der Waals surface area contributed by atoms with Crippen LogP contribution in [0.4, 0.5) is 0 Å². The Bertz CT molecular complexity index is 621. The summed E-state index contributed by atoms with van der Waals surface area (Å²) in [5, 5.41) is 17.8. The molecule has 19 heavy (non-hydrogen) atoms. The molecular weight excluding hydrogens is 350 g/mol. The Labute approximate surface area is 126 Å². The fraction of sp³-hybridized carbons (Fsp3) is 0.364. The van der Waals surface area contributed by atoms with Crippen LogP contribution in [-0.4, -0.2) is 31.6 Å². The predicted molar refractivity (Wildman–Crippen MR) is 77.7 cm³/mol. The SMILES string of the molecule is O=C(O)CSc1nnc(-c2ccc(Br)s2)n1C1CC1. The number of hydrogen-bond acceptors (Lipinski definition) is 5. The molecule has 0 unspecified atom stereocenters. The van der Waals surface area contributed by atoms with Crippen molar-refractivity contribution >= 4 is 45.0 Å². The van der Waals surface area contributed by atoms with Crippen LogP contribution in [0.2, 0.25) is 0 Å². The molecule has 2 aromatic heterocycles. The summed E-state index contributed by atoms with van der Waals surface area (Å²) in [4.78, 5) is 11.7. The van der Waals surface area contributed by atoms with E-state index in [0.29, 0.717) is 11.2 Å². The lowest BCUT2D eigenvalue weighted by Gasteiger charge is -2.06. The summed E-state index contributed by atoms with van der Waals surface area (Å²) < 4.78 is 3.12. The molecular formula is C11H10BrN3O2S2.